The van der Waals surface area contributed by atoms with Gasteiger partial charge in [0.25, 0.3) is 0 Å². The number of hydrogen-bond acceptors (Lipinski definition) is 3. The predicted molar refractivity (Wildman–Crippen MR) is 65.7 cm³/mol. The van der Waals surface area contributed by atoms with Gasteiger partial charge in [-0.15, -0.1) is 0 Å². The van der Waals surface area contributed by atoms with Crippen LogP contribution in [0.5, 0.6) is 0 Å². The number of aliphatic hydroxyl groups excluding tert-OH is 1. The number of nitrogens with zero attached hydrogens (tertiary/aromatic N) is 3. The molecule has 1 aliphatic carbocycles. The molecule has 1 aromatic rings. The van der Waals surface area contributed by atoms with E-state index in [4.69, 9.17) is 0 Å². The lowest BCUT2D eigenvalue weighted by atomic mass is 10.00. The first-order chi connectivity index (χ1) is 8.66. The molecule has 1 aromatic heterocycles. The van der Waals surface area contributed by atoms with Crippen LogP contribution < -0.4 is 0 Å². The maximum atomic E-state index is 12.4. The molecule has 5 nitrogen and oxygen atoms in total. The quantitative estimate of drug-likeness (QED) is 0.838. The number of carbonyl (C=O) groups is 1. The number of aromatic nitrogens is 2. The van der Waals surface area contributed by atoms with E-state index in [0.29, 0.717) is 18.4 Å². The molecule has 1 saturated carbocycles. The highest BCUT2D eigenvalue weighted by Gasteiger charge is 2.44. The molecule has 1 N–H and O–H groups in total. The molecule has 0 radical (unpaired) electrons. The minimum Gasteiger partial charge on any atom is -0.393 e. The third-order valence-corrected chi connectivity index (χ3v) is 4.41. The van der Waals surface area contributed by atoms with Crippen molar-refractivity contribution in [3.63, 3.8) is 0 Å². The van der Waals surface area contributed by atoms with Crippen LogP contribution in [-0.4, -0.2) is 44.9 Å². The Morgan fingerprint density at radius 3 is 2.94 bits per heavy atom. The third kappa shape index (κ3) is 1.82. The van der Waals surface area contributed by atoms with Crippen LogP contribution in [0, 0.1) is 11.8 Å². The Labute approximate surface area is 106 Å². The van der Waals surface area contributed by atoms with Crippen molar-refractivity contribution in [2.75, 3.05) is 13.1 Å². The molecule has 1 saturated heterocycles. The maximum absolute atomic E-state index is 12.4. The van der Waals surface area contributed by atoms with Gasteiger partial charge in [0.1, 0.15) is 6.04 Å². The summed E-state index contributed by atoms with van der Waals surface area (Å²) in [5.41, 5.74) is 0. The summed E-state index contributed by atoms with van der Waals surface area (Å²) in [4.78, 5) is 14.3. The summed E-state index contributed by atoms with van der Waals surface area (Å²) in [7, 11) is 0. The van der Waals surface area contributed by atoms with Gasteiger partial charge in [0.2, 0.25) is 5.91 Å². The second-order valence-corrected chi connectivity index (χ2v) is 5.47. The fourth-order valence-corrected chi connectivity index (χ4v) is 3.30. The lowest BCUT2D eigenvalue weighted by molar-refractivity contribution is -0.134. The molecular formula is C13H19N3O2. The molecule has 1 amide bonds. The Morgan fingerprint density at radius 1 is 1.44 bits per heavy atom. The molecule has 3 rings (SSSR count). The molecule has 98 valence electrons. The van der Waals surface area contributed by atoms with Gasteiger partial charge in [0.05, 0.1) is 6.10 Å². The minimum atomic E-state index is -0.254. The Hall–Kier alpha value is -1.36. The number of fused-ring (bicyclic) bond motifs is 1. The second-order valence-electron chi connectivity index (χ2n) is 5.47. The van der Waals surface area contributed by atoms with Crippen molar-refractivity contribution in [2.24, 2.45) is 11.8 Å². The van der Waals surface area contributed by atoms with Crippen molar-refractivity contribution in [2.45, 2.75) is 31.9 Å². The number of aliphatic hydroxyl groups is 1. The smallest absolute Gasteiger partial charge is 0.247 e. The van der Waals surface area contributed by atoms with Crippen molar-refractivity contribution in [3.05, 3.63) is 18.5 Å². The standard InChI is InChI=1S/C13H19N3O2/c1-9(16-6-2-5-14-16)13(18)15-7-10-3-4-12(17)11(10)8-15/h2,5-6,9-12,17H,3-4,7-8H2,1H3. The number of rotatable bonds is 2. The second kappa shape index (κ2) is 4.39. The van der Waals surface area contributed by atoms with Crippen LogP contribution in [0.15, 0.2) is 18.5 Å². The molecule has 2 heterocycles. The third-order valence-electron chi connectivity index (χ3n) is 4.41. The van der Waals surface area contributed by atoms with E-state index >= 15 is 0 Å². The van der Waals surface area contributed by atoms with E-state index in [1.165, 1.54) is 0 Å². The topological polar surface area (TPSA) is 58.4 Å². The molecule has 4 atom stereocenters. The SMILES string of the molecule is CC(C(=O)N1CC2CCC(O)C2C1)n1cccn1. The lowest BCUT2D eigenvalue weighted by Crippen LogP contribution is -2.36. The van der Waals surface area contributed by atoms with E-state index in [0.717, 1.165) is 19.4 Å². The Morgan fingerprint density at radius 2 is 2.28 bits per heavy atom. The number of likely N-dealkylation sites (tertiary alicyclic amines) is 1. The normalized spacial score (nSPS) is 32.6. The van der Waals surface area contributed by atoms with Gasteiger partial charge in [0.15, 0.2) is 0 Å². The number of amides is 1. The van der Waals surface area contributed by atoms with Crippen molar-refractivity contribution < 1.29 is 9.90 Å². The molecular weight excluding hydrogens is 230 g/mol. The molecule has 18 heavy (non-hydrogen) atoms. The monoisotopic (exact) mass is 249 g/mol. The fourth-order valence-electron chi connectivity index (χ4n) is 3.30. The molecule has 2 aliphatic rings. The molecule has 1 aliphatic heterocycles. The van der Waals surface area contributed by atoms with Crippen molar-refractivity contribution in [1.29, 1.82) is 0 Å². The van der Waals surface area contributed by atoms with Crippen molar-refractivity contribution in [1.82, 2.24) is 14.7 Å². The summed E-state index contributed by atoms with van der Waals surface area (Å²) in [5.74, 6) is 0.896. The van der Waals surface area contributed by atoms with Crippen molar-refractivity contribution >= 4 is 5.91 Å². The van der Waals surface area contributed by atoms with Gasteiger partial charge in [-0.25, -0.2) is 0 Å². The minimum absolute atomic E-state index is 0.111. The predicted octanol–water partition coefficient (Wildman–Crippen LogP) is 0.673. The van der Waals surface area contributed by atoms with E-state index < -0.39 is 0 Å². The van der Waals surface area contributed by atoms with Gasteiger partial charge in [-0.1, -0.05) is 0 Å². The fraction of sp³-hybridized carbons (Fsp3) is 0.692. The van der Waals surface area contributed by atoms with Gasteiger partial charge in [-0.3, -0.25) is 9.48 Å². The van der Waals surface area contributed by atoms with Gasteiger partial charge >= 0.3 is 0 Å². The number of carbonyl (C=O) groups excluding carboxylic acids is 1. The van der Waals surface area contributed by atoms with Gasteiger partial charge in [-0.05, 0) is 31.7 Å². The molecule has 0 bridgehead atoms. The first-order valence-corrected chi connectivity index (χ1v) is 6.63. The van der Waals surface area contributed by atoms with Crippen LogP contribution >= 0.6 is 0 Å². The largest absolute Gasteiger partial charge is 0.393 e. The average molecular weight is 249 g/mol. The summed E-state index contributed by atoms with van der Waals surface area (Å²) in [5, 5.41) is 14.0. The zero-order valence-corrected chi connectivity index (χ0v) is 10.6. The highest BCUT2D eigenvalue weighted by Crippen LogP contribution is 2.38. The van der Waals surface area contributed by atoms with E-state index in [-0.39, 0.29) is 18.1 Å². The molecule has 0 spiro atoms. The number of hydrogen-bond donors (Lipinski definition) is 1. The van der Waals surface area contributed by atoms with Crippen LogP contribution in [0.25, 0.3) is 0 Å². The van der Waals surface area contributed by atoms with Gasteiger partial charge in [0, 0.05) is 31.4 Å². The van der Waals surface area contributed by atoms with Crippen LogP contribution in [-0.2, 0) is 4.79 Å². The summed E-state index contributed by atoms with van der Waals surface area (Å²) in [6, 6.07) is 1.57. The first-order valence-electron chi connectivity index (χ1n) is 6.63. The van der Waals surface area contributed by atoms with Gasteiger partial charge in [-0.2, -0.15) is 5.10 Å². The van der Waals surface area contributed by atoms with Gasteiger partial charge < -0.3 is 10.0 Å². The molecule has 0 aromatic carbocycles. The van der Waals surface area contributed by atoms with Crippen LogP contribution in [0.2, 0.25) is 0 Å². The molecule has 4 unspecified atom stereocenters. The van der Waals surface area contributed by atoms with Crippen molar-refractivity contribution in [3.8, 4) is 0 Å². The molecule has 5 heteroatoms. The summed E-state index contributed by atoms with van der Waals surface area (Å²) >= 11 is 0. The maximum Gasteiger partial charge on any atom is 0.247 e. The van der Waals surface area contributed by atoms with E-state index in [9.17, 15) is 9.90 Å². The Balaban J connectivity index is 1.68. The summed E-state index contributed by atoms with van der Waals surface area (Å²) in [6.07, 6.45) is 5.23. The first kappa shape index (κ1) is 11.7. The zero-order valence-electron chi connectivity index (χ0n) is 10.6. The van der Waals surface area contributed by atoms with Crippen LogP contribution in [0.3, 0.4) is 0 Å². The highest BCUT2D eigenvalue weighted by molar-refractivity contribution is 5.80. The summed E-state index contributed by atoms with van der Waals surface area (Å²) in [6.45, 7) is 3.38. The van der Waals surface area contributed by atoms with E-state index in [1.807, 2.05) is 24.1 Å². The lowest BCUT2D eigenvalue weighted by Gasteiger charge is -2.22. The molecule has 2 fully saturated rings. The Kier molecular flexibility index (Phi) is 2.86. The highest BCUT2D eigenvalue weighted by atomic mass is 16.3. The Bertz CT molecular complexity index is 431. The summed E-state index contributed by atoms with van der Waals surface area (Å²) < 4.78 is 1.69. The van der Waals surface area contributed by atoms with E-state index in [2.05, 4.69) is 5.10 Å². The van der Waals surface area contributed by atoms with E-state index in [1.54, 1.807) is 10.9 Å². The van der Waals surface area contributed by atoms with Crippen LogP contribution in [0.1, 0.15) is 25.8 Å². The van der Waals surface area contributed by atoms with Crippen LogP contribution in [0.4, 0.5) is 0 Å². The zero-order chi connectivity index (χ0) is 12.7. The average Bonchev–Trinajstić information content (AvgIpc) is 3.06.